The Kier molecular flexibility index (Phi) is 5.19. The number of aliphatic imine (C=N–C) groups is 1. The summed E-state index contributed by atoms with van der Waals surface area (Å²) in [7, 11) is 0. The average Bonchev–Trinajstić information content (AvgIpc) is 2.45. The van der Waals surface area contributed by atoms with E-state index in [4.69, 9.17) is 16.6 Å². The highest BCUT2D eigenvalue weighted by atomic mass is 35.5. The van der Waals surface area contributed by atoms with Gasteiger partial charge >= 0.3 is 0 Å². The molecule has 0 radical (unpaired) electrons. The lowest BCUT2D eigenvalue weighted by atomic mass is 9.93. The summed E-state index contributed by atoms with van der Waals surface area (Å²) in [5, 5.41) is 0.731. The molecule has 0 aliphatic rings. The van der Waals surface area contributed by atoms with Crippen molar-refractivity contribution in [2.45, 2.75) is 39.5 Å². The molecule has 2 aromatic carbocycles. The fourth-order valence-electron chi connectivity index (χ4n) is 2.37. The Labute approximate surface area is 132 Å². The fraction of sp³-hybridized carbons (Fsp3) is 0.316. The predicted molar refractivity (Wildman–Crippen MR) is 93.3 cm³/mol. The van der Waals surface area contributed by atoms with Crippen LogP contribution in [0.2, 0.25) is 5.02 Å². The van der Waals surface area contributed by atoms with Crippen molar-refractivity contribution in [3.8, 4) is 0 Å². The van der Waals surface area contributed by atoms with Gasteiger partial charge in [0.2, 0.25) is 0 Å². The van der Waals surface area contributed by atoms with Crippen LogP contribution in [-0.4, -0.2) is 6.21 Å². The van der Waals surface area contributed by atoms with Crippen molar-refractivity contribution in [1.82, 2.24) is 0 Å². The number of benzene rings is 2. The third kappa shape index (κ3) is 3.74. The molecule has 110 valence electrons. The van der Waals surface area contributed by atoms with E-state index in [1.54, 1.807) is 0 Å². The van der Waals surface area contributed by atoms with Crippen LogP contribution in [0.4, 0.5) is 5.69 Å². The van der Waals surface area contributed by atoms with E-state index in [1.165, 1.54) is 11.1 Å². The molecule has 0 aliphatic carbocycles. The van der Waals surface area contributed by atoms with Gasteiger partial charge in [0.1, 0.15) is 0 Å². The predicted octanol–water partition coefficient (Wildman–Crippen LogP) is 6.34. The Bertz CT molecular complexity index is 616. The van der Waals surface area contributed by atoms with Crippen LogP contribution in [0.1, 0.15) is 56.2 Å². The van der Waals surface area contributed by atoms with E-state index in [9.17, 15) is 0 Å². The molecule has 0 fully saturated rings. The van der Waals surface area contributed by atoms with Crippen molar-refractivity contribution in [3.63, 3.8) is 0 Å². The molecule has 0 aliphatic heterocycles. The zero-order valence-corrected chi connectivity index (χ0v) is 13.9. The minimum Gasteiger partial charge on any atom is -0.256 e. The molecule has 0 bridgehead atoms. The third-order valence-electron chi connectivity index (χ3n) is 3.58. The zero-order valence-electron chi connectivity index (χ0n) is 13.1. The van der Waals surface area contributed by atoms with Gasteiger partial charge in [-0.25, -0.2) is 0 Å². The Hall–Kier alpha value is -1.60. The van der Waals surface area contributed by atoms with E-state index >= 15 is 0 Å². The maximum atomic E-state index is 6.20. The molecule has 0 atom stereocenters. The molecule has 21 heavy (non-hydrogen) atoms. The van der Waals surface area contributed by atoms with Gasteiger partial charge in [-0.15, -0.1) is 0 Å². The van der Waals surface area contributed by atoms with Crippen molar-refractivity contribution in [2.75, 3.05) is 0 Å². The minimum absolute atomic E-state index is 0.446. The standard InChI is InChI=1S/C19H22ClN/c1-13(2)16-9-7-10-17(14(3)4)19(16)21-12-15-8-5-6-11-18(15)20/h5-14H,1-4H3. The van der Waals surface area contributed by atoms with Crippen LogP contribution in [0.25, 0.3) is 0 Å². The summed E-state index contributed by atoms with van der Waals surface area (Å²) in [6.07, 6.45) is 1.87. The molecule has 0 unspecified atom stereocenters. The van der Waals surface area contributed by atoms with E-state index in [0.29, 0.717) is 11.8 Å². The largest absolute Gasteiger partial charge is 0.256 e. The number of rotatable bonds is 4. The highest BCUT2D eigenvalue weighted by Crippen LogP contribution is 2.34. The SMILES string of the molecule is CC(C)c1cccc(C(C)C)c1N=Cc1ccccc1Cl. The van der Waals surface area contributed by atoms with Gasteiger partial charge in [0.25, 0.3) is 0 Å². The van der Waals surface area contributed by atoms with Gasteiger partial charge in [-0.1, -0.05) is 75.7 Å². The van der Waals surface area contributed by atoms with E-state index < -0.39 is 0 Å². The van der Waals surface area contributed by atoms with Crippen LogP contribution < -0.4 is 0 Å². The summed E-state index contributed by atoms with van der Waals surface area (Å²) in [6, 6.07) is 14.2. The molecule has 2 rings (SSSR count). The molecule has 0 heterocycles. The lowest BCUT2D eigenvalue weighted by Gasteiger charge is -2.16. The van der Waals surface area contributed by atoms with Gasteiger partial charge in [0.15, 0.2) is 0 Å². The second kappa shape index (κ2) is 6.91. The highest BCUT2D eigenvalue weighted by molar-refractivity contribution is 6.33. The first-order chi connectivity index (χ1) is 10.0. The van der Waals surface area contributed by atoms with Crippen molar-refractivity contribution < 1.29 is 0 Å². The number of para-hydroxylation sites is 1. The Morgan fingerprint density at radius 3 is 1.95 bits per heavy atom. The summed E-state index contributed by atoms with van der Waals surface area (Å²) in [4.78, 5) is 4.77. The second-order valence-corrected chi connectivity index (χ2v) is 6.28. The summed E-state index contributed by atoms with van der Waals surface area (Å²) in [6.45, 7) is 8.81. The Morgan fingerprint density at radius 1 is 0.857 bits per heavy atom. The highest BCUT2D eigenvalue weighted by Gasteiger charge is 2.12. The van der Waals surface area contributed by atoms with E-state index in [1.807, 2.05) is 30.5 Å². The topological polar surface area (TPSA) is 12.4 Å². The van der Waals surface area contributed by atoms with Gasteiger partial charge in [0, 0.05) is 16.8 Å². The lowest BCUT2D eigenvalue weighted by Crippen LogP contribution is -1.95. The van der Waals surface area contributed by atoms with Crippen LogP contribution in [-0.2, 0) is 0 Å². The first-order valence-electron chi connectivity index (χ1n) is 7.42. The van der Waals surface area contributed by atoms with E-state index in [-0.39, 0.29) is 0 Å². The number of halogens is 1. The molecule has 0 N–H and O–H groups in total. The van der Waals surface area contributed by atoms with Crippen molar-refractivity contribution >= 4 is 23.5 Å². The normalized spacial score (nSPS) is 11.8. The van der Waals surface area contributed by atoms with E-state index in [0.717, 1.165) is 16.3 Å². The summed E-state index contributed by atoms with van der Waals surface area (Å²) >= 11 is 6.20. The van der Waals surface area contributed by atoms with Crippen LogP contribution in [0, 0.1) is 0 Å². The number of hydrogen-bond acceptors (Lipinski definition) is 1. The Balaban J connectivity index is 2.49. The maximum absolute atomic E-state index is 6.20. The molecular weight excluding hydrogens is 278 g/mol. The molecule has 0 saturated carbocycles. The van der Waals surface area contributed by atoms with Crippen LogP contribution in [0.15, 0.2) is 47.5 Å². The van der Waals surface area contributed by atoms with E-state index in [2.05, 4.69) is 45.9 Å². The van der Waals surface area contributed by atoms with Gasteiger partial charge in [0.05, 0.1) is 5.69 Å². The lowest BCUT2D eigenvalue weighted by molar-refractivity contribution is 0.835. The zero-order chi connectivity index (χ0) is 15.4. The van der Waals surface area contributed by atoms with Gasteiger partial charge in [-0.05, 0) is 29.0 Å². The van der Waals surface area contributed by atoms with Crippen molar-refractivity contribution in [1.29, 1.82) is 0 Å². The monoisotopic (exact) mass is 299 g/mol. The third-order valence-corrected chi connectivity index (χ3v) is 3.92. The molecule has 2 heteroatoms. The molecule has 2 aromatic rings. The first-order valence-corrected chi connectivity index (χ1v) is 7.80. The van der Waals surface area contributed by atoms with Gasteiger partial charge < -0.3 is 0 Å². The quantitative estimate of drug-likeness (QED) is 0.584. The summed E-state index contributed by atoms with van der Waals surface area (Å²) in [5.41, 5.74) is 4.60. The molecule has 1 nitrogen and oxygen atoms in total. The second-order valence-electron chi connectivity index (χ2n) is 5.87. The average molecular weight is 300 g/mol. The molecule has 0 aromatic heterocycles. The van der Waals surface area contributed by atoms with Crippen LogP contribution in [0.5, 0.6) is 0 Å². The van der Waals surface area contributed by atoms with Crippen LogP contribution in [0.3, 0.4) is 0 Å². The van der Waals surface area contributed by atoms with Crippen molar-refractivity contribution in [3.05, 3.63) is 64.2 Å². The first kappa shape index (κ1) is 15.8. The molecule has 0 amide bonds. The number of hydrogen-bond donors (Lipinski definition) is 0. The fourth-order valence-corrected chi connectivity index (χ4v) is 2.56. The van der Waals surface area contributed by atoms with Gasteiger partial charge in [-0.3, -0.25) is 4.99 Å². The molecule has 0 spiro atoms. The minimum atomic E-state index is 0.446. The van der Waals surface area contributed by atoms with Gasteiger partial charge in [-0.2, -0.15) is 0 Å². The van der Waals surface area contributed by atoms with Crippen LogP contribution >= 0.6 is 11.6 Å². The number of nitrogens with zero attached hydrogens (tertiary/aromatic N) is 1. The Morgan fingerprint density at radius 2 is 1.43 bits per heavy atom. The maximum Gasteiger partial charge on any atom is 0.0699 e. The van der Waals surface area contributed by atoms with Crippen molar-refractivity contribution in [2.24, 2.45) is 4.99 Å². The summed E-state index contributed by atoms with van der Waals surface area (Å²) in [5.74, 6) is 0.893. The molecule has 0 saturated heterocycles. The molecular formula is C19H22ClN. The summed E-state index contributed by atoms with van der Waals surface area (Å²) < 4.78 is 0. The smallest absolute Gasteiger partial charge is 0.0699 e.